The van der Waals surface area contributed by atoms with Crippen LogP contribution in [0.3, 0.4) is 0 Å². The van der Waals surface area contributed by atoms with Crippen molar-refractivity contribution in [3.8, 4) is 10.7 Å². The summed E-state index contributed by atoms with van der Waals surface area (Å²) in [4.78, 5) is 15.7. The van der Waals surface area contributed by atoms with Crippen molar-refractivity contribution < 1.29 is 14.4 Å². The molecule has 0 radical (unpaired) electrons. The molecule has 0 fully saturated rings. The Hall–Kier alpha value is -1.73. The number of nitrogens with zero attached hydrogens (tertiary/aromatic N) is 2. The maximum absolute atomic E-state index is 10.6. The van der Waals surface area contributed by atoms with Gasteiger partial charge in [0, 0.05) is 0 Å². The molecule has 1 atom stereocenters. The van der Waals surface area contributed by atoms with E-state index in [1.54, 1.807) is 6.92 Å². The molecule has 0 aliphatic rings. The minimum Gasteiger partial charge on any atom is -0.480 e. The Balaban J connectivity index is 1.97. The molecule has 0 aliphatic carbocycles. The highest BCUT2D eigenvalue weighted by Crippen LogP contribution is 2.21. The third-order valence-electron chi connectivity index (χ3n) is 2.14. The summed E-state index contributed by atoms with van der Waals surface area (Å²) < 4.78 is 5.01. The Morgan fingerprint density at radius 3 is 3.18 bits per heavy atom. The van der Waals surface area contributed by atoms with E-state index in [2.05, 4.69) is 15.5 Å². The number of carbonyl (C=O) groups is 1. The molecule has 2 aromatic heterocycles. The van der Waals surface area contributed by atoms with E-state index in [9.17, 15) is 4.79 Å². The zero-order chi connectivity index (χ0) is 12.3. The van der Waals surface area contributed by atoms with Gasteiger partial charge >= 0.3 is 5.97 Å². The molecule has 2 rings (SSSR count). The van der Waals surface area contributed by atoms with Gasteiger partial charge in [-0.2, -0.15) is 4.98 Å². The minimum atomic E-state index is -0.914. The molecule has 1 unspecified atom stereocenters. The standard InChI is InChI=1S/C10H11N3O3S/c1-6(10(14)15)11-5-8-12-9(13-16-8)7-3-2-4-17-7/h2-4,6,11H,5H2,1H3,(H,14,15). The molecule has 0 bridgehead atoms. The van der Waals surface area contributed by atoms with E-state index in [1.807, 2.05) is 17.5 Å². The van der Waals surface area contributed by atoms with E-state index < -0.39 is 12.0 Å². The zero-order valence-corrected chi connectivity index (χ0v) is 9.90. The van der Waals surface area contributed by atoms with Crippen LogP contribution in [0, 0.1) is 0 Å². The van der Waals surface area contributed by atoms with Gasteiger partial charge in [0.15, 0.2) is 0 Å². The number of nitrogens with one attached hydrogen (secondary N) is 1. The van der Waals surface area contributed by atoms with Crippen LogP contribution in [0.25, 0.3) is 10.7 Å². The summed E-state index contributed by atoms with van der Waals surface area (Å²) in [6.45, 7) is 1.80. The van der Waals surface area contributed by atoms with Crippen LogP contribution in [0.1, 0.15) is 12.8 Å². The number of rotatable bonds is 5. The minimum absolute atomic E-state index is 0.242. The number of thiophene rings is 1. The summed E-state index contributed by atoms with van der Waals surface area (Å²) >= 11 is 1.52. The van der Waals surface area contributed by atoms with Crippen molar-refractivity contribution in [1.82, 2.24) is 15.5 Å². The van der Waals surface area contributed by atoms with Crippen molar-refractivity contribution in [1.29, 1.82) is 0 Å². The summed E-state index contributed by atoms with van der Waals surface area (Å²) in [5.41, 5.74) is 0. The van der Waals surface area contributed by atoms with Crippen LogP contribution in [0.15, 0.2) is 22.0 Å². The second-order valence-corrected chi connectivity index (χ2v) is 4.38. The molecule has 0 amide bonds. The van der Waals surface area contributed by atoms with E-state index in [1.165, 1.54) is 11.3 Å². The predicted octanol–water partition coefficient (Wildman–Crippen LogP) is 1.36. The third kappa shape index (κ3) is 2.89. The fraction of sp³-hybridized carbons (Fsp3) is 0.300. The Morgan fingerprint density at radius 2 is 2.53 bits per heavy atom. The van der Waals surface area contributed by atoms with Crippen LogP contribution in [0.2, 0.25) is 0 Å². The number of aliphatic carboxylic acids is 1. The first-order valence-electron chi connectivity index (χ1n) is 4.99. The van der Waals surface area contributed by atoms with Crippen LogP contribution in [0.4, 0.5) is 0 Å². The second kappa shape index (κ2) is 5.07. The number of aromatic nitrogens is 2. The third-order valence-corrected chi connectivity index (χ3v) is 3.01. The molecular weight excluding hydrogens is 242 g/mol. The van der Waals surface area contributed by atoms with E-state index >= 15 is 0 Å². The molecule has 6 nitrogen and oxygen atoms in total. The highest BCUT2D eigenvalue weighted by atomic mass is 32.1. The van der Waals surface area contributed by atoms with Crippen molar-refractivity contribution in [3.63, 3.8) is 0 Å². The molecule has 2 N–H and O–H groups in total. The molecule has 0 saturated carbocycles. The van der Waals surface area contributed by atoms with Gasteiger partial charge in [0.1, 0.15) is 6.04 Å². The van der Waals surface area contributed by atoms with Gasteiger partial charge in [-0.1, -0.05) is 11.2 Å². The average molecular weight is 253 g/mol. The van der Waals surface area contributed by atoms with Gasteiger partial charge in [0.2, 0.25) is 11.7 Å². The second-order valence-electron chi connectivity index (χ2n) is 3.43. The summed E-state index contributed by atoms with van der Waals surface area (Å²) in [7, 11) is 0. The molecule has 7 heteroatoms. The highest BCUT2D eigenvalue weighted by Gasteiger charge is 2.13. The van der Waals surface area contributed by atoms with Crippen molar-refractivity contribution >= 4 is 17.3 Å². The largest absolute Gasteiger partial charge is 0.480 e. The van der Waals surface area contributed by atoms with Crippen LogP contribution in [0.5, 0.6) is 0 Å². The van der Waals surface area contributed by atoms with Gasteiger partial charge in [-0.05, 0) is 18.4 Å². The van der Waals surface area contributed by atoms with Crippen LogP contribution in [-0.2, 0) is 11.3 Å². The lowest BCUT2D eigenvalue weighted by Gasteiger charge is -2.04. The monoisotopic (exact) mass is 253 g/mol. The smallest absolute Gasteiger partial charge is 0.320 e. The number of carboxylic acid groups (broad SMARTS) is 1. The van der Waals surface area contributed by atoms with Crippen LogP contribution >= 0.6 is 11.3 Å². The fourth-order valence-corrected chi connectivity index (χ4v) is 1.81. The van der Waals surface area contributed by atoms with Crippen molar-refractivity contribution in [2.45, 2.75) is 19.5 Å². The van der Waals surface area contributed by atoms with E-state index in [0.29, 0.717) is 11.7 Å². The first-order chi connectivity index (χ1) is 8.16. The number of hydrogen-bond donors (Lipinski definition) is 2. The first-order valence-corrected chi connectivity index (χ1v) is 5.87. The van der Waals surface area contributed by atoms with Crippen molar-refractivity contribution in [2.75, 3.05) is 0 Å². The fourth-order valence-electron chi connectivity index (χ4n) is 1.16. The van der Waals surface area contributed by atoms with Gasteiger partial charge in [-0.15, -0.1) is 11.3 Å². The molecule has 2 aromatic rings. The topological polar surface area (TPSA) is 88.3 Å². The molecule has 0 spiro atoms. The van der Waals surface area contributed by atoms with Gasteiger partial charge in [-0.25, -0.2) is 0 Å². The van der Waals surface area contributed by atoms with Gasteiger partial charge in [0.25, 0.3) is 0 Å². The maximum atomic E-state index is 10.6. The predicted molar refractivity (Wildman–Crippen MR) is 61.5 cm³/mol. The molecule has 90 valence electrons. The van der Waals surface area contributed by atoms with Crippen molar-refractivity contribution in [3.05, 3.63) is 23.4 Å². The zero-order valence-electron chi connectivity index (χ0n) is 9.08. The van der Waals surface area contributed by atoms with Gasteiger partial charge < -0.3 is 9.63 Å². The van der Waals surface area contributed by atoms with Crippen molar-refractivity contribution in [2.24, 2.45) is 0 Å². The van der Waals surface area contributed by atoms with Crippen LogP contribution < -0.4 is 5.32 Å². The maximum Gasteiger partial charge on any atom is 0.320 e. The molecule has 0 aromatic carbocycles. The Labute approximate surface area is 101 Å². The van der Waals surface area contributed by atoms with Crippen LogP contribution in [-0.4, -0.2) is 27.3 Å². The lowest BCUT2D eigenvalue weighted by atomic mass is 10.3. The molecule has 2 heterocycles. The molecule has 0 saturated heterocycles. The quantitative estimate of drug-likeness (QED) is 0.836. The number of hydrogen-bond acceptors (Lipinski definition) is 6. The summed E-state index contributed by atoms with van der Waals surface area (Å²) in [5.74, 6) is -0.00993. The van der Waals surface area contributed by atoms with Gasteiger partial charge in [-0.3, -0.25) is 10.1 Å². The lowest BCUT2D eigenvalue weighted by Crippen LogP contribution is -2.33. The van der Waals surface area contributed by atoms with E-state index in [0.717, 1.165) is 4.88 Å². The van der Waals surface area contributed by atoms with Gasteiger partial charge in [0.05, 0.1) is 11.4 Å². The Morgan fingerprint density at radius 1 is 1.71 bits per heavy atom. The van der Waals surface area contributed by atoms with E-state index in [4.69, 9.17) is 9.63 Å². The molecule has 0 aliphatic heterocycles. The molecular formula is C10H11N3O3S. The SMILES string of the molecule is CC(NCc1nc(-c2cccs2)no1)C(=O)O. The number of carboxylic acids is 1. The Bertz CT molecular complexity index is 495. The van der Waals surface area contributed by atoms with E-state index in [-0.39, 0.29) is 6.54 Å². The lowest BCUT2D eigenvalue weighted by molar-refractivity contribution is -0.139. The summed E-state index contributed by atoms with van der Waals surface area (Å²) in [6.07, 6.45) is 0. The summed E-state index contributed by atoms with van der Waals surface area (Å²) in [5, 5.41) is 17.2. The first kappa shape index (κ1) is 11.7. The summed E-state index contributed by atoms with van der Waals surface area (Å²) in [6, 6.07) is 3.15. The average Bonchev–Trinajstić information content (AvgIpc) is 2.95. The highest BCUT2D eigenvalue weighted by molar-refractivity contribution is 7.13. The molecule has 17 heavy (non-hydrogen) atoms. The normalized spacial score (nSPS) is 12.5. The Kier molecular flexibility index (Phi) is 3.50.